The quantitative estimate of drug-likeness (QED) is 0.624. The van der Waals surface area contributed by atoms with Crippen LogP contribution in [0.15, 0.2) is 18.2 Å². The Labute approximate surface area is 114 Å². The van der Waals surface area contributed by atoms with Crippen molar-refractivity contribution in [3.63, 3.8) is 0 Å². The lowest BCUT2D eigenvalue weighted by molar-refractivity contribution is -0.135. The van der Waals surface area contributed by atoms with E-state index in [4.69, 9.17) is 0 Å². The zero-order chi connectivity index (χ0) is 15.2. The number of carbonyl (C=O) groups is 1. The lowest BCUT2D eigenvalue weighted by Crippen LogP contribution is -2.25. The summed E-state index contributed by atoms with van der Waals surface area (Å²) in [5.41, 5.74) is 0.198. The van der Waals surface area contributed by atoms with E-state index in [0.717, 1.165) is 0 Å². The fourth-order valence-corrected chi connectivity index (χ4v) is 1.72. The van der Waals surface area contributed by atoms with Crippen molar-refractivity contribution in [1.82, 2.24) is 5.32 Å². The smallest absolute Gasteiger partial charge is 0.385 e. The minimum atomic E-state index is -4.17. The highest BCUT2D eigenvalue weighted by molar-refractivity contribution is 5.99. The number of para-hydroxylation sites is 1. The fourth-order valence-electron chi connectivity index (χ4n) is 1.72. The Morgan fingerprint density at radius 1 is 1.25 bits per heavy atom. The average Bonchev–Trinajstić information content (AvgIpc) is 2.36. The molecule has 0 radical (unpaired) electrons. The van der Waals surface area contributed by atoms with Crippen LogP contribution in [0.2, 0.25) is 0 Å². The molecule has 0 fully saturated rings. The minimum Gasteiger partial charge on any atom is -0.385 e. The Morgan fingerprint density at radius 3 is 2.55 bits per heavy atom. The van der Waals surface area contributed by atoms with Crippen molar-refractivity contribution < 1.29 is 22.4 Å². The molecular weight excluding hydrogens is 276 g/mol. The summed E-state index contributed by atoms with van der Waals surface area (Å²) in [7, 11) is 1.48. The molecule has 1 amide bonds. The Hall–Kier alpha value is -1.79. The van der Waals surface area contributed by atoms with E-state index in [1.54, 1.807) is 0 Å². The van der Waals surface area contributed by atoms with Crippen molar-refractivity contribution in [2.45, 2.75) is 25.4 Å². The van der Waals surface area contributed by atoms with E-state index in [1.807, 2.05) is 0 Å². The zero-order valence-electron chi connectivity index (χ0n) is 11.0. The maximum atomic E-state index is 13.4. The van der Waals surface area contributed by atoms with Gasteiger partial charge in [-0.3, -0.25) is 4.79 Å². The number of hydrogen-bond acceptors (Lipinski definition) is 2. The van der Waals surface area contributed by atoms with Crippen molar-refractivity contribution >= 4 is 11.6 Å². The number of anilines is 1. The van der Waals surface area contributed by atoms with Gasteiger partial charge in [0.25, 0.3) is 5.91 Å². The van der Waals surface area contributed by atoms with Gasteiger partial charge in [-0.15, -0.1) is 0 Å². The molecule has 0 saturated heterocycles. The highest BCUT2D eigenvalue weighted by atomic mass is 19.4. The summed E-state index contributed by atoms with van der Waals surface area (Å²) in [5, 5.41) is 5.06. The van der Waals surface area contributed by atoms with Gasteiger partial charge < -0.3 is 10.6 Å². The molecular formula is C13H16F4N2O. The predicted molar refractivity (Wildman–Crippen MR) is 68.2 cm³/mol. The first-order chi connectivity index (χ1) is 9.35. The molecule has 0 unspecified atom stereocenters. The van der Waals surface area contributed by atoms with Crippen molar-refractivity contribution in [1.29, 1.82) is 0 Å². The summed E-state index contributed by atoms with van der Waals surface area (Å²) < 4.78 is 49.2. The van der Waals surface area contributed by atoms with E-state index in [0.29, 0.717) is 0 Å². The lowest BCUT2D eigenvalue weighted by Gasteiger charge is -2.11. The van der Waals surface area contributed by atoms with Crippen molar-refractivity contribution in [2.24, 2.45) is 0 Å². The van der Waals surface area contributed by atoms with Gasteiger partial charge in [0, 0.05) is 20.0 Å². The number of benzene rings is 1. The number of rotatable bonds is 6. The molecule has 0 spiro atoms. The number of halogens is 4. The van der Waals surface area contributed by atoms with Crippen LogP contribution in [0.5, 0.6) is 0 Å². The maximum Gasteiger partial charge on any atom is 0.389 e. The van der Waals surface area contributed by atoms with E-state index >= 15 is 0 Å². The van der Waals surface area contributed by atoms with Crippen LogP contribution in [-0.4, -0.2) is 25.7 Å². The predicted octanol–water partition coefficient (Wildman–Crippen LogP) is 3.33. The summed E-state index contributed by atoms with van der Waals surface area (Å²) in [4.78, 5) is 11.8. The third-order valence-corrected chi connectivity index (χ3v) is 2.68. The van der Waals surface area contributed by atoms with E-state index in [-0.39, 0.29) is 30.6 Å². The maximum absolute atomic E-state index is 13.4. The zero-order valence-corrected chi connectivity index (χ0v) is 11.0. The second-order valence-corrected chi connectivity index (χ2v) is 4.24. The van der Waals surface area contributed by atoms with Gasteiger partial charge in [0.2, 0.25) is 0 Å². The number of unbranched alkanes of at least 4 members (excludes halogenated alkanes) is 1. The van der Waals surface area contributed by atoms with Gasteiger partial charge in [-0.25, -0.2) is 4.39 Å². The summed E-state index contributed by atoms with van der Waals surface area (Å²) in [6.07, 6.45) is -4.88. The van der Waals surface area contributed by atoms with E-state index in [1.165, 1.54) is 25.2 Å². The van der Waals surface area contributed by atoms with E-state index < -0.39 is 24.3 Å². The molecule has 0 aromatic heterocycles. The summed E-state index contributed by atoms with van der Waals surface area (Å²) in [6.45, 7) is 0.120. The summed E-state index contributed by atoms with van der Waals surface area (Å²) in [5.74, 6) is -1.07. The van der Waals surface area contributed by atoms with E-state index in [9.17, 15) is 22.4 Å². The Kier molecular flexibility index (Phi) is 5.79. The molecule has 0 aliphatic heterocycles. The fraction of sp³-hybridized carbons (Fsp3) is 0.462. The molecule has 7 heteroatoms. The Balaban J connectivity index is 2.46. The largest absolute Gasteiger partial charge is 0.389 e. The molecule has 20 heavy (non-hydrogen) atoms. The van der Waals surface area contributed by atoms with Crippen LogP contribution in [0.25, 0.3) is 0 Å². The van der Waals surface area contributed by atoms with Crippen LogP contribution in [0, 0.1) is 5.82 Å². The van der Waals surface area contributed by atoms with Gasteiger partial charge in [-0.1, -0.05) is 6.07 Å². The van der Waals surface area contributed by atoms with Gasteiger partial charge in [0.15, 0.2) is 0 Å². The highest BCUT2D eigenvalue weighted by Gasteiger charge is 2.25. The van der Waals surface area contributed by atoms with Crippen LogP contribution in [0.1, 0.15) is 29.6 Å². The molecule has 0 bridgehead atoms. The van der Waals surface area contributed by atoms with Crippen LogP contribution in [0.4, 0.5) is 23.2 Å². The van der Waals surface area contributed by atoms with Gasteiger partial charge in [0.05, 0.1) is 11.3 Å². The van der Waals surface area contributed by atoms with Gasteiger partial charge in [-0.2, -0.15) is 13.2 Å². The molecule has 0 aliphatic rings. The van der Waals surface area contributed by atoms with Crippen LogP contribution >= 0.6 is 0 Å². The van der Waals surface area contributed by atoms with Crippen LogP contribution in [0.3, 0.4) is 0 Å². The van der Waals surface area contributed by atoms with Gasteiger partial charge in [0.1, 0.15) is 5.82 Å². The topological polar surface area (TPSA) is 41.1 Å². The van der Waals surface area contributed by atoms with Gasteiger partial charge in [-0.05, 0) is 25.0 Å². The molecule has 1 aromatic carbocycles. The average molecular weight is 292 g/mol. The second kappa shape index (κ2) is 7.12. The first-order valence-electron chi connectivity index (χ1n) is 6.16. The molecule has 112 valence electrons. The third-order valence-electron chi connectivity index (χ3n) is 2.68. The Bertz CT molecular complexity index is 460. The van der Waals surface area contributed by atoms with Gasteiger partial charge >= 0.3 is 6.18 Å². The minimum absolute atomic E-state index is 0.0498. The SMILES string of the molecule is CNc1c(F)cccc1C(=O)NCCCCC(F)(F)F. The van der Waals surface area contributed by atoms with Crippen LogP contribution < -0.4 is 10.6 Å². The summed E-state index contributed by atoms with van der Waals surface area (Å²) >= 11 is 0. The molecule has 0 heterocycles. The Morgan fingerprint density at radius 2 is 1.95 bits per heavy atom. The third kappa shape index (κ3) is 5.07. The molecule has 1 aromatic rings. The molecule has 2 N–H and O–H groups in total. The van der Waals surface area contributed by atoms with Crippen molar-refractivity contribution in [3.05, 3.63) is 29.6 Å². The number of nitrogens with one attached hydrogen (secondary N) is 2. The van der Waals surface area contributed by atoms with Crippen molar-refractivity contribution in [3.8, 4) is 0 Å². The number of hydrogen-bond donors (Lipinski definition) is 2. The molecule has 0 saturated carbocycles. The second-order valence-electron chi connectivity index (χ2n) is 4.24. The first kappa shape index (κ1) is 16.3. The highest BCUT2D eigenvalue weighted by Crippen LogP contribution is 2.22. The standard InChI is InChI=1S/C13H16F4N2O/c1-18-11-9(5-4-6-10(11)14)12(20)19-8-3-2-7-13(15,16)17/h4-6,18H,2-3,7-8H2,1H3,(H,19,20). The molecule has 1 rings (SSSR count). The summed E-state index contributed by atoms with van der Waals surface area (Å²) in [6, 6.07) is 4.06. The van der Waals surface area contributed by atoms with E-state index in [2.05, 4.69) is 10.6 Å². The molecule has 0 atom stereocenters. The van der Waals surface area contributed by atoms with Crippen LogP contribution in [-0.2, 0) is 0 Å². The number of carbonyl (C=O) groups excluding carboxylic acids is 1. The van der Waals surface area contributed by atoms with Crippen molar-refractivity contribution in [2.75, 3.05) is 18.9 Å². The molecule has 3 nitrogen and oxygen atoms in total. The first-order valence-corrected chi connectivity index (χ1v) is 6.16. The lowest BCUT2D eigenvalue weighted by atomic mass is 10.1. The molecule has 0 aliphatic carbocycles. The normalized spacial score (nSPS) is 11.2. The number of amides is 1. The monoisotopic (exact) mass is 292 g/mol. The number of alkyl halides is 3.